The Hall–Kier alpha value is -3.92. The second-order valence-electron chi connectivity index (χ2n) is 9.78. The van der Waals surface area contributed by atoms with Crippen LogP contribution in [0.5, 0.6) is 0 Å². The topological polar surface area (TPSA) is 92.7 Å². The second-order valence-corrected chi connectivity index (χ2v) is 9.78. The Morgan fingerprint density at radius 1 is 1.03 bits per heavy atom. The Labute approximate surface area is 210 Å². The molecular formula is C27H26F3N3O4. The third kappa shape index (κ3) is 5.43. The number of fused-ring (bicyclic) bond motifs is 3. The van der Waals surface area contributed by atoms with Crippen LogP contribution in [0.4, 0.5) is 13.2 Å². The van der Waals surface area contributed by atoms with Crippen molar-refractivity contribution in [1.29, 1.82) is 0 Å². The number of pyridine rings is 1. The molecule has 4 aromatic rings. The van der Waals surface area contributed by atoms with E-state index in [1.165, 1.54) is 12.1 Å². The molecule has 2 heterocycles. The molecule has 0 fully saturated rings. The minimum Gasteiger partial charge on any atom is -0.459 e. The van der Waals surface area contributed by atoms with Gasteiger partial charge in [-0.15, -0.1) is 0 Å². The zero-order valence-electron chi connectivity index (χ0n) is 20.7. The number of nitrogens with zero attached hydrogens (tertiary/aromatic N) is 1. The van der Waals surface area contributed by atoms with Crippen molar-refractivity contribution < 1.29 is 27.5 Å². The average Bonchev–Trinajstić information content (AvgIpc) is 3.18. The molecule has 37 heavy (non-hydrogen) atoms. The summed E-state index contributed by atoms with van der Waals surface area (Å²) >= 11 is 0. The summed E-state index contributed by atoms with van der Waals surface area (Å²) in [4.78, 5) is 40.7. The highest BCUT2D eigenvalue weighted by atomic mass is 19.1. The molecule has 0 unspecified atom stereocenters. The first-order chi connectivity index (χ1) is 17.4. The number of hydrogen-bond acceptors (Lipinski definition) is 5. The number of hydrogen-bond donors (Lipinski definition) is 2. The molecule has 0 saturated carbocycles. The van der Waals surface area contributed by atoms with Gasteiger partial charge < -0.3 is 15.0 Å². The molecule has 0 aliphatic rings. The summed E-state index contributed by atoms with van der Waals surface area (Å²) in [6.45, 7) is 7.34. The van der Waals surface area contributed by atoms with Crippen LogP contribution < -0.4 is 10.9 Å². The number of imidazole rings is 1. The van der Waals surface area contributed by atoms with Gasteiger partial charge in [-0.2, -0.15) is 0 Å². The highest BCUT2D eigenvalue weighted by Gasteiger charge is 2.23. The Morgan fingerprint density at radius 3 is 2.41 bits per heavy atom. The summed E-state index contributed by atoms with van der Waals surface area (Å²) in [6, 6.07) is 7.21. The van der Waals surface area contributed by atoms with Gasteiger partial charge in [0.05, 0.1) is 16.6 Å². The zero-order valence-corrected chi connectivity index (χ0v) is 20.7. The molecule has 194 valence electrons. The molecule has 2 aromatic carbocycles. The summed E-state index contributed by atoms with van der Waals surface area (Å²) in [5, 5.41) is 3.04. The maximum absolute atomic E-state index is 15.2. The molecule has 2 aromatic heterocycles. The van der Waals surface area contributed by atoms with Gasteiger partial charge in [0.25, 0.3) is 5.56 Å². The van der Waals surface area contributed by atoms with Crippen LogP contribution in [0.1, 0.15) is 49.2 Å². The normalized spacial score (nSPS) is 12.7. The van der Waals surface area contributed by atoms with E-state index in [0.29, 0.717) is 24.6 Å². The fraction of sp³-hybridized carbons (Fsp3) is 0.296. The molecule has 0 saturated heterocycles. The standard InChI is InChI=1S/C27H26F3N3O4/c1-14(26(36)37-27(2,3)4)31-10-9-15-11-20(30)23-21(12-15)32-25-18(7-8-22(34)33(23)25)24(35)17-6-5-16(28)13-19(17)29/h5-8,11-14,31-32H,9-10H2,1-4H3/t14-/m0/s1. The molecule has 2 N–H and O–H groups in total. The van der Waals surface area contributed by atoms with Crippen molar-refractivity contribution in [3.8, 4) is 0 Å². The van der Waals surface area contributed by atoms with Crippen LogP contribution in [0, 0.1) is 17.5 Å². The number of esters is 1. The number of ketones is 1. The average molecular weight is 514 g/mol. The number of carbonyl (C=O) groups is 2. The number of H-pyrrole nitrogens is 1. The van der Waals surface area contributed by atoms with Crippen molar-refractivity contribution in [3.63, 3.8) is 0 Å². The first-order valence-corrected chi connectivity index (χ1v) is 11.7. The molecule has 0 aliphatic heterocycles. The molecule has 7 nitrogen and oxygen atoms in total. The molecule has 0 radical (unpaired) electrons. The Balaban J connectivity index is 1.65. The summed E-state index contributed by atoms with van der Waals surface area (Å²) in [5.41, 5.74) is -0.897. The van der Waals surface area contributed by atoms with Crippen LogP contribution in [0.3, 0.4) is 0 Å². The predicted molar refractivity (Wildman–Crippen MR) is 132 cm³/mol. The third-order valence-electron chi connectivity index (χ3n) is 5.74. The van der Waals surface area contributed by atoms with Crippen molar-refractivity contribution in [1.82, 2.24) is 14.7 Å². The number of ether oxygens (including phenoxy) is 1. The number of halogens is 3. The van der Waals surface area contributed by atoms with E-state index in [0.717, 1.165) is 22.6 Å². The number of carbonyl (C=O) groups excluding carboxylic acids is 2. The van der Waals surface area contributed by atoms with Crippen LogP contribution in [0.2, 0.25) is 0 Å². The number of nitrogens with one attached hydrogen (secondary N) is 2. The molecule has 1 atom stereocenters. The zero-order chi connectivity index (χ0) is 27.1. The Morgan fingerprint density at radius 2 is 1.73 bits per heavy atom. The van der Waals surface area contributed by atoms with Crippen LogP contribution in [0.15, 0.2) is 47.3 Å². The Kier molecular flexibility index (Phi) is 6.96. The molecule has 0 bridgehead atoms. The number of aromatic nitrogens is 2. The quantitative estimate of drug-likeness (QED) is 0.284. The number of benzene rings is 2. The van der Waals surface area contributed by atoms with Gasteiger partial charge in [-0.25, -0.2) is 13.2 Å². The van der Waals surface area contributed by atoms with Crippen molar-refractivity contribution in [2.75, 3.05) is 6.54 Å². The van der Waals surface area contributed by atoms with E-state index in [1.54, 1.807) is 33.8 Å². The van der Waals surface area contributed by atoms with Crippen molar-refractivity contribution in [3.05, 3.63) is 87.0 Å². The lowest BCUT2D eigenvalue weighted by Crippen LogP contribution is -2.40. The van der Waals surface area contributed by atoms with Gasteiger partial charge in [-0.1, -0.05) is 0 Å². The predicted octanol–water partition coefficient (Wildman–Crippen LogP) is 4.29. The molecule has 0 aliphatic carbocycles. The van der Waals surface area contributed by atoms with Gasteiger partial charge in [0.15, 0.2) is 5.78 Å². The van der Waals surface area contributed by atoms with Crippen LogP contribution in [-0.4, -0.2) is 39.3 Å². The van der Waals surface area contributed by atoms with Crippen molar-refractivity contribution >= 4 is 28.4 Å². The maximum Gasteiger partial charge on any atom is 0.323 e. The van der Waals surface area contributed by atoms with Crippen LogP contribution in [0.25, 0.3) is 16.7 Å². The van der Waals surface area contributed by atoms with Crippen LogP contribution >= 0.6 is 0 Å². The maximum atomic E-state index is 15.2. The monoisotopic (exact) mass is 513 g/mol. The van der Waals surface area contributed by atoms with E-state index in [9.17, 15) is 23.2 Å². The lowest BCUT2D eigenvalue weighted by atomic mass is 10.0. The lowest BCUT2D eigenvalue weighted by Gasteiger charge is -2.22. The molecular weight excluding hydrogens is 487 g/mol. The number of rotatable bonds is 7. The third-order valence-corrected chi connectivity index (χ3v) is 5.74. The van der Waals surface area contributed by atoms with Crippen molar-refractivity contribution in [2.24, 2.45) is 0 Å². The lowest BCUT2D eigenvalue weighted by molar-refractivity contribution is -0.156. The second kappa shape index (κ2) is 9.85. The highest BCUT2D eigenvalue weighted by Crippen LogP contribution is 2.24. The first kappa shape index (κ1) is 26.2. The minimum atomic E-state index is -1.05. The van der Waals surface area contributed by atoms with Gasteiger partial charge >= 0.3 is 5.97 Å². The molecule has 0 spiro atoms. The first-order valence-electron chi connectivity index (χ1n) is 11.7. The van der Waals surface area contributed by atoms with E-state index in [4.69, 9.17) is 4.74 Å². The van der Waals surface area contributed by atoms with E-state index in [1.807, 2.05) is 0 Å². The summed E-state index contributed by atoms with van der Waals surface area (Å²) in [5.74, 6) is -3.77. The highest BCUT2D eigenvalue weighted by molar-refractivity contribution is 6.13. The van der Waals surface area contributed by atoms with E-state index in [-0.39, 0.29) is 27.8 Å². The van der Waals surface area contributed by atoms with Gasteiger partial charge in [-0.3, -0.25) is 18.8 Å². The van der Waals surface area contributed by atoms with E-state index >= 15 is 4.39 Å². The van der Waals surface area contributed by atoms with Gasteiger partial charge in [-0.05, 0) is 76.6 Å². The van der Waals surface area contributed by atoms with E-state index < -0.39 is 46.4 Å². The molecule has 0 amide bonds. The van der Waals surface area contributed by atoms with Crippen molar-refractivity contribution in [2.45, 2.75) is 45.8 Å². The van der Waals surface area contributed by atoms with Gasteiger partial charge in [0.2, 0.25) is 0 Å². The minimum absolute atomic E-state index is 0.0102. The SMILES string of the molecule is C[C@H](NCCc1cc(F)c2c(c1)[nH]c1c(C(=O)c3ccc(F)cc3F)ccc(=O)n12)C(=O)OC(C)(C)C. The summed E-state index contributed by atoms with van der Waals surface area (Å²) < 4.78 is 49.1. The summed E-state index contributed by atoms with van der Waals surface area (Å²) in [6.07, 6.45) is 0.358. The largest absolute Gasteiger partial charge is 0.459 e. The fourth-order valence-corrected chi connectivity index (χ4v) is 4.04. The fourth-order valence-electron chi connectivity index (χ4n) is 4.04. The molecule has 10 heteroatoms. The van der Waals surface area contributed by atoms with Crippen LogP contribution in [-0.2, 0) is 16.0 Å². The number of aromatic amines is 1. The molecule has 4 rings (SSSR count). The Bertz CT molecular complexity index is 1580. The van der Waals surface area contributed by atoms with E-state index in [2.05, 4.69) is 10.3 Å². The van der Waals surface area contributed by atoms with Gasteiger partial charge in [0, 0.05) is 12.1 Å². The summed E-state index contributed by atoms with van der Waals surface area (Å²) in [7, 11) is 0. The van der Waals surface area contributed by atoms with Gasteiger partial charge in [0.1, 0.15) is 40.3 Å². The smallest absolute Gasteiger partial charge is 0.323 e.